The van der Waals surface area contributed by atoms with E-state index in [-0.39, 0.29) is 5.56 Å². The number of aromatic nitrogens is 1. The van der Waals surface area contributed by atoms with Crippen molar-refractivity contribution in [2.24, 2.45) is 0 Å². The van der Waals surface area contributed by atoms with Gasteiger partial charge in [-0.2, -0.15) is 0 Å². The van der Waals surface area contributed by atoms with Crippen LogP contribution >= 0.6 is 0 Å². The third-order valence-corrected chi connectivity index (χ3v) is 3.06. The van der Waals surface area contributed by atoms with Crippen LogP contribution in [0.3, 0.4) is 0 Å². The molecule has 94 valence electrons. The van der Waals surface area contributed by atoms with Crippen LogP contribution in [-0.2, 0) is 0 Å². The molecule has 0 spiro atoms. The Morgan fingerprint density at radius 3 is 2.26 bits per heavy atom. The standard InChI is InChI=1S/C16H11F2N/c17-16(18)13-7-5-12(6-8-13)15-10-9-11-3-1-2-4-14(11)19-15/h1-10,16H. The summed E-state index contributed by atoms with van der Waals surface area (Å²) in [5.41, 5.74) is 2.57. The van der Waals surface area contributed by atoms with Gasteiger partial charge in [-0.25, -0.2) is 13.8 Å². The number of benzene rings is 2. The van der Waals surface area contributed by atoms with Crippen molar-refractivity contribution in [3.8, 4) is 11.3 Å². The lowest BCUT2D eigenvalue weighted by molar-refractivity contribution is 0.151. The fraction of sp³-hybridized carbons (Fsp3) is 0.0625. The van der Waals surface area contributed by atoms with E-state index in [9.17, 15) is 8.78 Å². The second-order valence-electron chi connectivity index (χ2n) is 4.31. The first-order chi connectivity index (χ1) is 9.24. The van der Waals surface area contributed by atoms with Crippen molar-refractivity contribution in [3.63, 3.8) is 0 Å². The number of halogens is 2. The molecule has 0 N–H and O–H groups in total. The van der Waals surface area contributed by atoms with Gasteiger partial charge in [0, 0.05) is 16.5 Å². The predicted molar refractivity (Wildman–Crippen MR) is 72.1 cm³/mol. The Bertz CT molecular complexity index is 705. The zero-order valence-electron chi connectivity index (χ0n) is 10.1. The Labute approximate surface area is 109 Å². The summed E-state index contributed by atoms with van der Waals surface area (Å²) >= 11 is 0. The lowest BCUT2D eigenvalue weighted by Crippen LogP contribution is -1.87. The minimum absolute atomic E-state index is 0.0320. The first-order valence-electron chi connectivity index (χ1n) is 5.98. The highest BCUT2D eigenvalue weighted by atomic mass is 19.3. The molecule has 0 unspecified atom stereocenters. The second-order valence-corrected chi connectivity index (χ2v) is 4.31. The summed E-state index contributed by atoms with van der Waals surface area (Å²) in [4.78, 5) is 4.53. The summed E-state index contributed by atoms with van der Waals surface area (Å²) in [6, 6.07) is 17.9. The second kappa shape index (κ2) is 4.76. The van der Waals surface area contributed by atoms with Crippen LogP contribution in [0.2, 0.25) is 0 Å². The smallest absolute Gasteiger partial charge is 0.248 e. The van der Waals surface area contributed by atoms with Gasteiger partial charge in [-0.15, -0.1) is 0 Å². The van der Waals surface area contributed by atoms with Gasteiger partial charge in [0.1, 0.15) is 0 Å². The summed E-state index contributed by atoms with van der Waals surface area (Å²) in [7, 11) is 0. The van der Waals surface area contributed by atoms with Gasteiger partial charge in [0.15, 0.2) is 0 Å². The Morgan fingerprint density at radius 1 is 0.789 bits per heavy atom. The minimum Gasteiger partial charge on any atom is -0.248 e. The van der Waals surface area contributed by atoms with Crippen molar-refractivity contribution in [1.82, 2.24) is 4.98 Å². The zero-order chi connectivity index (χ0) is 13.2. The molecular weight excluding hydrogens is 244 g/mol. The monoisotopic (exact) mass is 255 g/mol. The molecule has 1 heterocycles. The maximum Gasteiger partial charge on any atom is 0.263 e. The summed E-state index contributed by atoms with van der Waals surface area (Å²) in [5.74, 6) is 0. The van der Waals surface area contributed by atoms with Gasteiger partial charge in [0.25, 0.3) is 6.43 Å². The molecule has 0 radical (unpaired) electrons. The SMILES string of the molecule is FC(F)c1ccc(-c2ccc3ccccc3n2)cc1. The van der Waals surface area contributed by atoms with Crippen LogP contribution in [-0.4, -0.2) is 4.98 Å². The van der Waals surface area contributed by atoms with Crippen LogP contribution < -0.4 is 0 Å². The van der Waals surface area contributed by atoms with Gasteiger partial charge in [0.2, 0.25) is 0 Å². The molecule has 0 saturated carbocycles. The molecule has 2 aromatic carbocycles. The normalized spacial score (nSPS) is 11.1. The first-order valence-corrected chi connectivity index (χ1v) is 5.98. The average Bonchev–Trinajstić information content (AvgIpc) is 2.47. The Morgan fingerprint density at radius 2 is 1.53 bits per heavy atom. The fourth-order valence-electron chi connectivity index (χ4n) is 2.03. The van der Waals surface area contributed by atoms with E-state index < -0.39 is 6.43 Å². The van der Waals surface area contributed by atoms with Crippen molar-refractivity contribution in [2.45, 2.75) is 6.43 Å². The van der Waals surface area contributed by atoms with Crippen molar-refractivity contribution in [3.05, 3.63) is 66.2 Å². The van der Waals surface area contributed by atoms with Crippen LogP contribution in [0.4, 0.5) is 8.78 Å². The molecule has 0 aliphatic rings. The number of hydrogen-bond donors (Lipinski definition) is 0. The molecule has 1 aromatic heterocycles. The molecule has 0 amide bonds. The maximum absolute atomic E-state index is 12.5. The molecular formula is C16H11F2N. The van der Waals surface area contributed by atoms with Gasteiger partial charge in [-0.1, -0.05) is 48.5 Å². The highest BCUT2D eigenvalue weighted by Gasteiger charge is 2.07. The van der Waals surface area contributed by atoms with Gasteiger partial charge in [-0.05, 0) is 12.1 Å². The van der Waals surface area contributed by atoms with Crippen LogP contribution in [0, 0.1) is 0 Å². The van der Waals surface area contributed by atoms with E-state index in [4.69, 9.17) is 0 Å². The van der Waals surface area contributed by atoms with E-state index in [1.807, 2.05) is 36.4 Å². The van der Waals surface area contributed by atoms with Crippen molar-refractivity contribution in [2.75, 3.05) is 0 Å². The molecule has 3 heteroatoms. The van der Waals surface area contributed by atoms with E-state index in [2.05, 4.69) is 4.98 Å². The van der Waals surface area contributed by atoms with Gasteiger partial charge in [0.05, 0.1) is 11.2 Å². The number of alkyl halides is 2. The molecule has 0 bridgehead atoms. The van der Waals surface area contributed by atoms with E-state index in [1.54, 1.807) is 12.1 Å². The predicted octanol–water partition coefficient (Wildman–Crippen LogP) is 4.84. The van der Waals surface area contributed by atoms with Crippen LogP contribution in [0.25, 0.3) is 22.2 Å². The van der Waals surface area contributed by atoms with E-state index in [0.717, 1.165) is 22.2 Å². The molecule has 0 aliphatic carbocycles. The van der Waals surface area contributed by atoms with E-state index in [1.165, 1.54) is 12.1 Å². The molecule has 3 rings (SSSR count). The molecule has 0 atom stereocenters. The number of fused-ring (bicyclic) bond motifs is 1. The highest BCUT2D eigenvalue weighted by Crippen LogP contribution is 2.24. The number of para-hydroxylation sites is 1. The molecule has 1 nitrogen and oxygen atoms in total. The lowest BCUT2D eigenvalue weighted by atomic mass is 10.1. The van der Waals surface area contributed by atoms with E-state index >= 15 is 0 Å². The van der Waals surface area contributed by atoms with Crippen LogP contribution in [0.1, 0.15) is 12.0 Å². The molecule has 19 heavy (non-hydrogen) atoms. The Hall–Kier alpha value is -2.29. The third-order valence-electron chi connectivity index (χ3n) is 3.06. The molecule has 0 saturated heterocycles. The number of nitrogens with zero attached hydrogens (tertiary/aromatic N) is 1. The van der Waals surface area contributed by atoms with Crippen LogP contribution in [0.5, 0.6) is 0 Å². The quantitative estimate of drug-likeness (QED) is 0.638. The topological polar surface area (TPSA) is 12.9 Å². The zero-order valence-corrected chi connectivity index (χ0v) is 10.1. The summed E-state index contributed by atoms with van der Waals surface area (Å²) in [6.45, 7) is 0. The summed E-state index contributed by atoms with van der Waals surface area (Å²) in [6.07, 6.45) is -2.43. The van der Waals surface area contributed by atoms with Crippen LogP contribution in [0.15, 0.2) is 60.7 Å². The number of hydrogen-bond acceptors (Lipinski definition) is 1. The first kappa shape index (κ1) is 11.8. The molecule has 0 fully saturated rings. The summed E-state index contributed by atoms with van der Waals surface area (Å²) in [5, 5.41) is 1.07. The number of pyridine rings is 1. The molecule has 3 aromatic rings. The summed E-state index contributed by atoms with van der Waals surface area (Å²) < 4.78 is 25.0. The Kier molecular flexibility index (Phi) is 2.95. The largest absolute Gasteiger partial charge is 0.263 e. The fourth-order valence-corrected chi connectivity index (χ4v) is 2.03. The van der Waals surface area contributed by atoms with Crippen molar-refractivity contribution in [1.29, 1.82) is 0 Å². The highest BCUT2D eigenvalue weighted by molar-refractivity contribution is 5.81. The van der Waals surface area contributed by atoms with Gasteiger partial charge >= 0.3 is 0 Å². The van der Waals surface area contributed by atoms with Crippen molar-refractivity contribution >= 4 is 10.9 Å². The van der Waals surface area contributed by atoms with E-state index in [0.29, 0.717) is 0 Å². The Balaban J connectivity index is 2.03. The molecule has 0 aliphatic heterocycles. The lowest BCUT2D eigenvalue weighted by Gasteiger charge is -2.04. The third kappa shape index (κ3) is 2.32. The minimum atomic E-state index is -2.43. The van der Waals surface area contributed by atoms with Gasteiger partial charge in [-0.3, -0.25) is 0 Å². The number of rotatable bonds is 2. The average molecular weight is 255 g/mol. The van der Waals surface area contributed by atoms with Gasteiger partial charge < -0.3 is 0 Å². The van der Waals surface area contributed by atoms with Crippen molar-refractivity contribution < 1.29 is 8.78 Å². The maximum atomic E-state index is 12.5.